The van der Waals surface area contributed by atoms with Crippen molar-refractivity contribution in [3.8, 4) is 0 Å². The molecule has 1 aliphatic heterocycles. The van der Waals surface area contributed by atoms with Gasteiger partial charge in [-0.1, -0.05) is 0 Å². The van der Waals surface area contributed by atoms with E-state index in [9.17, 15) is 14.7 Å². The second-order valence-corrected chi connectivity index (χ2v) is 3.53. The summed E-state index contributed by atoms with van der Waals surface area (Å²) in [7, 11) is 4.09. The van der Waals surface area contributed by atoms with Crippen molar-refractivity contribution in [2.45, 2.75) is 12.6 Å². The molecule has 1 N–H and O–H groups in total. The molecule has 2 unspecified atom stereocenters. The number of carbonyl (C=O) groups excluding carboxylic acids is 2. The summed E-state index contributed by atoms with van der Waals surface area (Å²) in [6.07, 6.45) is 0.712. The smallest absolute Gasteiger partial charge is 0.336 e. The summed E-state index contributed by atoms with van der Waals surface area (Å²) in [5.74, 6) is -1.92. The number of hydrogen-bond acceptors (Lipinski definition) is 6. The minimum atomic E-state index is -0.808. The molecule has 0 fully saturated rings. The van der Waals surface area contributed by atoms with Gasteiger partial charge in [-0.15, -0.1) is 0 Å². The van der Waals surface area contributed by atoms with Gasteiger partial charge >= 0.3 is 11.9 Å². The zero-order valence-electron chi connectivity index (χ0n) is 9.47. The van der Waals surface area contributed by atoms with Crippen LogP contribution in [0, 0.1) is 5.92 Å². The van der Waals surface area contributed by atoms with Gasteiger partial charge in [0.25, 0.3) is 0 Å². The maximum absolute atomic E-state index is 11.4. The van der Waals surface area contributed by atoms with Gasteiger partial charge in [-0.2, -0.15) is 0 Å². The lowest BCUT2D eigenvalue weighted by Gasteiger charge is -2.31. The van der Waals surface area contributed by atoms with Crippen molar-refractivity contribution in [3.05, 3.63) is 11.8 Å². The van der Waals surface area contributed by atoms with Crippen molar-refractivity contribution >= 4 is 11.9 Å². The number of aliphatic hydroxyl groups is 1. The molecule has 0 aromatic carbocycles. The molecular weight excluding hydrogens is 214 g/mol. The van der Waals surface area contributed by atoms with Crippen LogP contribution in [0.4, 0.5) is 0 Å². The van der Waals surface area contributed by atoms with Gasteiger partial charge in [0, 0.05) is 19.7 Å². The molecule has 2 atom stereocenters. The summed E-state index contributed by atoms with van der Waals surface area (Å²) >= 11 is 0. The highest BCUT2D eigenvalue weighted by Gasteiger charge is 2.36. The van der Waals surface area contributed by atoms with E-state index in [4.69, 9.17) is 0 Å². The summed E-state index contributed by atoms with van der Waals surface area (Å²) < 4.78 is 9.16. The van der Waals surface area contributed by atoms with Crippen LogP contribution in [-0.2, 0) is 19.1 Å². The highest BCUT2D eigenvalue weighted by Crippen LogP contribution is 2.26. The number of esters is 2. The summed E-state index contributed by atoms with van der Waals surface area (Å²) in [4.78, 5) is 24.3. The topological polar surface area (TPSA) is 76.1 Å². The van der Waals surface area contributed by atoms with Crippen molar-refractivity contribution in [1.29, 1.82) is 0 Å². The number of nitrogens with zero attached hydrogens (tertiary/aromatic N) is 1. The number of methoxy groups -OCH3 is 2. The second kappa shape index (κ2) is 4.98. The van der Waals surface area contributed by atoms with Crippen molar-refractivity contribution in [3.63, 3.8) is 0 Å². The lowest BCUT2D eigenvalue weighted by atomic mass is 9.92. The van der Waals surface area contributed by atoms with E-state index in [0.717, 1.165) is 0 Å². The van der Waals surface area contributed by atoms with E-state index >= 15 is 0 Å². The minimum absolute atomic E-state index is 0.115. The Labute approximate surface area is 93.4 Å². The van der Waals surface area contributed by atoms with Gasteiger partial charge in [-0.3, -0.25) is 4.79 Å². The van der Waals surface area contributed by atoms with Crippen molar-refractivity contribution in [2.75, 3.05) is 21.3 Å². The van der Waals surface area contributed by atoms with E-state index in [2.05, 4.69) is 9.47 Å². The monoisotopic (exact) mass is 229 g/mol. The molecule has 0 amide bonds. The Balaban J connectivity index is 3.01. The lowest BCUT2D eigenvalue weighted by molar-refractivity contribution is -0.150. The van der Waals surface area contributed by atoms with E-state index in [0.29, 0.717) is 0 Å². The zero-order valence-corrected chi connectivity index (χ0v) is 9.47. The van der Waals surface area contributed by atoms with Gasteiger partial charge in [0.15, 0.2) is 0 Å². The molecule has 6 nitrogen and oxygen atoms in total. The van der Waals surface area contributed by atoms with Crippen LogP contribution in [0.1, 0.15) is 6.42 Å². The molecule has 0 aromatic heterocycles. The van der Waals surface area contributed by atoms with Crippen LogP contribution in [0.5, 0.6) is 0 Å². The second-order valence-electron chi connectivity index (χ2n) is 3.53. The van der Waals surface area contributed by atoms with Crippen LogP contribution in [0.25, 0.3) is 0 Å². The predicted molar refractivity (Wildman–Crippen MR) is 54.0 cm³/mol. The molecule has 90 valence electrons. The van der Waals surface area contributed by atoms with E-state index in [1.54, 1.807) is 7.05 Å². The molecule has 0 bridgehead atoms. The van der Waals surface area contributed by atoms with Crippen molar-refractivity contribution in [1.82, 2.24) is 4.90 Å². The Morgan fingerprint density at radius 3 is 2.56 bits per heavy atom. The first kappa shape index (κ1) is 12.5. The first-order valence-electron chi connectivity index (χ1n) is 4.79. The minimum Gasteiger partial charge on any atom is -0.469 e. The number of rotatable bonds is 2. The average molecular weight is 229 g/mol. The van der Waals surface area contributed by atoms with Crippen molar-refractivity contribution < 1.29 is 24.2 Å². The Kier molecular flexibility index (Phi) is 3.89. The van der Waals surface area contributed by atoms with E-state index in [-0.39, 0.29) is 12.0 Å². The maximum Gasteiger partial charge on any atom is 0.336 e. The summed E-state index contributed by atoms with van der Waals surface area (Å²) in [5.41, 5.74) is 0.196. The quantitative estimate of drug-likeness (QED) is 0.642. The number of hydrogen-bond donors (Lipinski definition) is 1. The van der Waals surface area contributed by atoms with Crippen LogP contribution < -0.4 is 0 Å². The van der Waals surface area contributed by atoms with Gasteiger partial charge in [0.1, 0.15) is 6.23 Å². The van der Waals surface area contributed by atoms with E-state index < -0.39 is 24.1 Å². The number of carbonyl (C=O) groups is 2. The standard InChI is InChI=1S/C10H15NO5/c1-11-5-7(10(14)16-3)6(4-8(11)12)9(13)15-2/h5-6,8,12H,4H2,1-3H3. The molecule has 6 heteroatoms. The van der Waals surface area contributed by atoms with Gasteiger partial charge < -0.3 is 19.5 Å². The van der Waals surface area contributed by atoms with E-state index in [1.165, 1.54) is 25.3 Å². The number of aliphatic hydroxyl groups excluding tert-OH is 1. The Morgan fingerprint density at radius 1 is 1.44 bits per heavy atom. The van der Waals surface area contributed by atoms with Crippen LogP contribution >= 0.6 is 0 Å². The fraction of sp³-hybridized carbons (Fsp3) is 0.600. The first-order valence-corrected chi connectivity index (χ1v) is 4.79. The van der Waals surface area contributed by atoms with Crippen LogP contribution in [-0.4, -0.2) is 49.4 Å². The molecule has 0 spiro atoms. The molecule has 1 rings (SSSR count). The molecule has 0 radical (unpaired) electrons. The SMILES string of the molecule is COC(=O)C1=CN(C)C(O)CC1C(=O)OC. The third-order valence-corrected chi connectivity index (χ3v) is 2.54. The maximum atomic E-state index is 11.4. The highest BCUT2D eigenvalue weighted by molar-refractivity contribution is 5.95. The summed E-state index contributed by atoms with van der Waals surface area (Å²) in [6.45, 7) is 0. The summed E-state index contributed by atoms with van der Waals surface area (Å²) in [5, 5.41) is 9.59. The third kappa shape index (κ3) is 2.33. The molecule has 0 aliphatic carbocycles. The van der Waals surface area contributed by atoms with Crippen LogP contribution in [0.3, 0.4) is 0 Å². The molecule has 1 heterocycles. The summed E-state index contributed by atoms with van der Waals surface area (Å²) in [6, 6.07) is 0. The van der Waals surface area contributed by atoms with Gasteiger partial charge in [0.2, 0.25) is 0 Å². The van der Waals surface area contributed by atoms with E-state index in [1.807, 2.05) is 0 Å². The van der Waals surface area contributed by atoms with Gasteiger partial charge in [0.05, 0.1) is 25.7 Å². The predicted octanol–water partition coefficient (Wildman–Crippen LogP) is -0.514. The fourth-order valence-electron chi connectivity index (χ4n) is 1.58. The number of ether oxygens (including phenoxy) is 2. The Hall–Kier alpha value is -1.56. The molecular formula is C10H15NO5. The van der Waals surface area contributed by atoms with Gasteiger partial charge in [-0.25, -0.2) is 4.79 Å². The molecule has 0 aromatic rings. The zero-order chi connectivity index (χ0) is 12.3. The first-order chi connectivity index (χ1) is 7.51. The Morgan fingerprint density at radius 2 is 2.06 bits per heavy atom. The van der Waals surface area contributed by atoms with Crippen LogP contribution in [0.15, 0.2) is 11.8 Å². The van der Waals surface area contributed by atoms with Crippen molar-refractivity contribution in [2.24, 2.45) is 5.92 Å². The normalized spacial score (nSPS) is 24.8. The lowest BCUT2D eigenvalue weighted by Crippen LogP contribution is -2.39. The average Bonchev–Trinajstić information content (AvgIpc) is 2.30. The molecule has 0 saturated carbocycles. The Bertz CT molecular complexity index is 325. The molecule has 16 heavy (non-hydrogen) atoms. The van der Waals surface area contributed by atoms with Crippen LogP contribution in [0.2, 0.25) is 0 Å². The fourth-order valence-corrected chi connectivity index (χ4v) is 1.58. The van der Waals surface area contributed by atoms with Gasteiger partial charge in [-0.05, 0) is 0 Å². The highest BCUT2D eigenvalue weighted by atomic mass is 16.5. The molecule has 1 aliphatic rings. The third-order valence-electron chi connectivity index (χ3n) is 2.54. The molecule has 0 saturated heterocycles. The largest absolute Gasteiger partial charge is 0.469 e.